The molecule has 1 fully saturated rings. The van der Waals surface area contributed by atoms with Gasteiger partial charge in [0.25, 0.3) is 5.91 Å². The minimum Gasteiger partial charge on any atom is -0.457 e. The summed E-state index contributed by atoms with van der Waals surface area (Å²) in [5, 5.41) is 15.4. The largest absolute Gasteiger partial charge is 0.457 e. The minimum absolute atomic E-state index is 0.0690. The fraction of sp³-hybridized carbons (Fsp3) is 0.323. The number of anilines is 1. The maximum Gasteiger partial charge on any atom is 0.264 e. The topological polar surface area (TPSA) is 132 Å². The lowest BCUT2D eigenvalue weighted by Gasteiger charge is -2.33. The first-order valence-electron chi connectivity index (χ1n) is 13.7. The monoisotopic (exact) mass is 551 g/mol. The average Bonchev–Trinajstić information content (AvgIpc) is 3.38. The van der Waals surface area contributed by atoms with Gasteiger partial charge in [-0.25, -0.2) is 14.6 Å². The van der Waals surface area contributed by atoms with Crippen molar-refractivity contribution in [2.24, 2.45) is 0 Å². The maximum absolute atomic E-state index is 13.4. The van der Waals surface area contributed by atoms with Gasteiger partial charge in [0.15, 0.2) is 5.65 Å². The number of carbonyl (C=O) groups excluding carboxylic acids is 1. The third kappa shape index (κ3) is 6.05. The molecule has 0 saturated carbocycles. The highest BCUT2D eigenvalue weighted by Gasteiger charge is 2.31. The zero-order valence-electron chi connectivity index (χ0n) is 23.4. The van der Waals surface area contributed by atoms with E-state index in [2.05, 4.69) is 16.0 Å². The van der Waals surface area contributed by atoms with Crippen LogP contribution >= 0.6 is 0 Å². The van der Waals surface area contributed by atoms with Gasteiger partial charge in [0.1, 0.15) is 41.0 Å². The molecule has 2 N–H and O–H groups in total. The predicted molar refractivity (Wildman–Crippen MR) is 156 cm³/mol. The van der Waals surface area contributed by atoms with Gasteiger partial charge in [-0.05, 0) is 76.1 Å². The number of piperidine rings is 1. The molecule has 0 radical (unpaired) electrons. The summed E-state index contributed by atoms with van der Waals surface area (Å²) in [6, 6.07) is 19.1. The molecule has 210 valence electrons. The van der Waals surface area contributed by atoms with Crippen LogP contribution in [-0.2, 0) is 9.53 Å². The average molecular weight is 552 g/mol. The Morgan fingerprint density at radius 1 is 1.15 bits per heavy atom. The van der Waals surface area contributed by atoms with Crippen LogP contribution in [0.1, 0.15) is 39.7 Å². The van der Waals surface area contributed by atoms with E-state index in [0.29, 0.717) is 48.0 Å². The van der Waals surface area contributed by atoms with Gasteiger partial charge in [-0.1, -0.05) is 18.2 Å². The van der Waals surface area contributed by atoms with Crippen LogP contribution in [0, 0.1) is 11.3 Å². The van der Waals surface area contributed by atoms with Crippen molar-refractivity contribution in [1.82, 2.24) is 24.6 Å². The Balaban J connectivity index is 1.43. The third-order valence-corrected chi connectivity index (χ3v) is 7.01. The number of hydrogen-bond acceptors (Lipinski definition) is 8. The lowest BCUT2D eigenvalue weighted by Crippen LogP contribution is -2.42. The number of nitriles is 1. The quantitative estimate of drug-likeness (QED) is 0.231. The Bertz CT molecular complexity index is 1600. The number of nitrogens with zero attached hydrogens (tertiary/aromatic N) is 6. The van der Waals surface area contributed by atoms with E-state index in [9.17, 15) is 10.1 Å². The molecule has 41 heavy (non-hydrogen) atoms. The first-order valence-corrected chi connectivity index (χ1v) is 13.7. The summed E-state index contributed by atoms with van der Waals surface area (Å²) in [4.78, 5) is 23.8. The predicted octanol–water partition coefficient (Wildman–Crippen LogP) is 5.30. The molecular weight excluding hydrogens is 518 g/mol. The van der Waals surface area contributed by atoms with Crippen LogP contribution in [0.3, 0.4) is 0 Å². The van der Waals surface area contributed by atoms with Crippen LogP contribution in [0.25, 0.3) is 22.3 Å². The van der Waals surface area contributed by atoms with Crippen molar-refractivity contribution in [3.63, 3.8) is 0 Å². The molecule has 3 heterocycles. The van der Waals surface area contributed by atoms with Gasteiger partial charge in [-0.3, -0.25) is 4.79 Å². The first-order chi connectivity index (χ1) is 19.8. The van der Waals surface area contributed by atoms with E-state index < -0.39 is 5.60 Å². The molecule has 1 aliphatic rings. The molecule has 4 aromatic rings. The normalized spacial score (nSPS) is 16.0. The Labute approximate surface area is 239 Å². The van der Waals surface area contributed by atoms with Crippen LogP contribution in [0.5, 0.6) is 11.5 Å². The molecule has 0 bridgehead atoms. The number of ether oxygens (including phenoxy) is 2. The van der Waals surface area contributed by atoms with Gasteiger partial charge >= 0.3 is 0 Å². The van der Waals surface area contributed by atoms with Crippen LogP contribution in [0.15, 0.2) is 72.6 Å². The fourth-order valence-electron chi connectivity index (χ4n) is 5.17. The van der Waals surface area contributed by atoms with Crippen LogP contribution < -0.4 is 10.5 Å². The lowest BCUT2D eigenvalue weighted by atomic mass is 10.0. The molecule has 1 saturated heterocycles. The van der Waals surface area contributed by atoms with Crippen LogP contribution in [-0.4, -0.2) is 55.9 Å². The Hall–Kier alpha value is -4.75. The number of hydrogen-bond donors (Lipinski definition) is 1. The highest BCUT2D eigenvalue weighted by molar-refractivity contribution is 5.99. The van der Waals surface area contributed by atoms with Gasteiger partial charge in [0.2, 0.25) is 0 Å². The SMILES string of the molecule is CCOC(C)(C)/C=C(\C#N)C(=O)N1CCC[C@@H](n2nc(-c3ccc(Oc4ccccc4)cc3)c3c(N)ncnc32)C1. The van der Waals surface area contributed by atoms with E-state index in [1.54, 1.807) is 11.0 Å². The number of para-hydroxylation sites is 1. The second-order valence-corrected chi connectivity index (χ2v) is 10.4. The van der Waals surface area contributed by atoms with Crippen molar-refractivity contribution >= 4 is 22.8 Å². The molecule has 10 nitrogen and oxygen atoms in total. The second kappa shape index (κ2) is 11.8. The van der Waals surface area contributed by atoms with Crippen molar-refractivity contribution in [1.29, 1.82) is 5.26 Å². The van der Waals surface area contributed by atoms with Crippen LogP contribution in [0.4, 0.5) is 5.82 Å². The molecule has 1 atom stereocenters. The van der Waals surface area contributed by atoms with E-state index in [1.165, 1.54) is 6.33 Å². The Morgan fingerprint density at radius 3 is 2.59 bits per heavy atom. The van der Waals surface area contributed by atoms with E-state index in [4.69, 9.17) is 20.3 Å². The fourth-order valence-corrected chi connectivity index (χ4v) is 5.17. The highest BCUT2D eigenvalue weighted by atomic mass is 16.5. The maximum atomic E-state index is 13.4. The number of nitrogen functional groups attached to an aromatic ring is 1. The van der Waals surface area contributed by atoms with Gasteiger partial charge in [0, 0.05) is 25.3 Å². The zero-order valence-corrected chi connectivity index (χ0v) is 23.4. The summed E-state index contributed by atoms with van der Waals surface area (Å²) in [6.45, 7) is 6.96. The number of nitrogens with two attached hydrogens (primary N) is 1. The van der Waals surface area contributed by atoms with Crippen molar-refractivity contribution in [2.45, 2.75) is 45.3 Å². The Kier molecular flexibility index (Phi) is 7.99. The Morgan fingerprint density at radius 2 is 1.88 bits per heavy atom. The summed E-state index contributed by atoms with van der Waals surface area (Å²) >= 11 is 0. The van der Waals surface area contributed by atoms with Gasteiger partial charge in [-0.15, -0.1) is 0 Å². The second-order valence-electron chi connectivity index (χ2n) is 10.4. The molecule has 5 rings (SSSR count). The highest BCUT2D eigenvalue weighted by Crippen LogP contribution is 2.35. The summed E-state index contributed by atoms with van der Waals surface area (Å²) < 4.78 is 13.5. The molecule has 10 heteroatoms. The van der Waals surface area contributed by atoms with Crippen molar-refractivity contribution in [3.8, 4) is 28.8 Å². The summed E-state index contributed by atoms with van der Waals surface area (Å²) in [7, 11) is 0. The molecular formula is C31H33N7O3. The van der Waals surface area contributed by atoms with Gasteiger partial charge in [0.05, 0.1) is 17.0 Å². The molecule has 0 aliphatic carbocycles. The summed E-state index contributed by atoms with van der Waals surface area (Å²) in [6.07, 6.45) is 4.58. The smallest absolute Gasteiger partial charge is 0.264 e. The molecule has 0 unspecified atom stereocenters. The van der Waals surface area contributed by atoms with Crippen molar-refractivity contribution in [2.75, 3.05) is 25.4 Å². The number of benzene rings is 2. The van der Waals surface area contributed by atoms with E-state index in [-0.39, 0.29) is 17.5 Å². The zero-order chi connectivity index (χ0) is 29.0. The molecule has 2 aromatic heterocycles. The van der Waals surface area contributed by atoms with Crippen molar-refractivity contribution in [3.05, 3.63) is 72.6 Å². The minimum atomic E-state index is -0.728. The standard InChI is InChI=1S/C31H33N7O3/c1-4-40-31(2,3)17-22(18-32)30(39)37-16-8-9-23(19-37)38-29-26(28(33)34-20-35-29)27(36-38)21-12-14-25(15-13-21)41-24-10-6-5-7-11-24/h5-7,10-15,17,20,23H,4,8-9,16,19H2,1-3H3,(H2,33,34,35)/b22-17+/t23-/m1/s1. The van der Waals surface area contributed by atoms with E-state index in [1.807, 2.05) is 80.1 Å². The number of rotatable bonds is 8. The van der Waals surface area contributed by atoms with E-state index >= 15 is 0 Å². The first kappa shape index (κ1) is 27.8. The number of likely N-dealkylation sites (tertiary alicyclic amines) is 1. The van der Waals surface area contributed by atoms with Crippen LogP contribution in [0.2, 0.25) is 0 Å². The van der Waals surface area contributed by atoms with Crippen molar-refractivity contribution < 1.29 is 14.3 Å². The third-order valence-electron chi connectivity index (χ3n) is 7.01. The molecule has 0 spiro atoms. The number of fused-ring (bicyclic) bond motifs is 1. The summed E-state index contributed by atoms with van der Waals surface area (Å²) in [5.41, 5.74) is 7.78. The molecule has 1 aliphatic heterocycles. The summed E-state index contributed by atoms with van der Waals surface area (Å²) in [5.74, 6) is 1.46. The number of aromatic nitrogens is 4. The molecule has 1 amide bonds. The number of amides is 1. The number of carbonyl (C=O) groups is 1. The van der Waals surface area contributed by atoms with Gasteiger partial charge in [-0.2, -0.15) is 10.4 Å². The van der Waals surface area contributed by atoms with Gasteiger partial charge < -0.3 is 20.1 Å². The van der Waals surface area contributed by atoms with E-state index in [0.717, 1.165) is 24.2 Å². The molecule has 2 aromatic carbocycles. The lowest BCUT2D eigenvalue weighted by molar-refractivity contribution is -0.128.